The van der Waals surface area contributed by atoms with Crippen LogP contribution in [0.2, 0.25) is 10.0 Å². The molecule has 128 valence electrons. The molecule has 1 fully saturated rings. The summed E-state index contributed by atoms with van der Waals surface area (Å²) in [7, 11) is 1.64. The first-order valence-electron chi connectivity index (χ1n) is 7.87. The summed E-state index contributed by atoms with van der Waals surface area (Å²) in [6, 6.07) is 5.80. The topological polar surface area (TPSA) is 41.5 Å². The maximum atomic E-state index is 6.11. The van der Waals surface area contributed by atoms with Gasteiger partial charge in [0.1, 0.15) is 6.61 Å². The summed E-state index contributed by atoms with van der Waals surface area (Å²) in [6.07, 6.45) is 3.76. The number of ether oxygens (including phenoxy) is 1. The minimum absolute atomic E-state index is 0.447. The van der Waals surface area contributed by atoms with Crippen LogP contribution in [0.25, 0.3) is 0 Å². The number of anilines is 1. The monoisotopic (exact) mass is 366 g/mol. The van der Waals surface area contributed by atoms with Crippen molar-refractivity contribution in [2.75, 3.05) is 38.2 Å². The lowest BCUT2D eigenvalue weighted by Crippen LogP contribution is -2.46. The van der Waals surface area contributed by atoms with E-state index in [1.807, 2.05) is 30.6 Å². The zero-order valence-electron chi connectivity index (χ0n) is 13.6. The first-order valence-corrected chi connectivity index (χ1v) is 8.62. The Labute approximate surface area is 152 Å². The van der Waals surface area contributed by atoms with Crippen molar-refractivity contribution in [2.24, 2.45) is 0 Å². The molecular formula is C17H20Cl2N4O. The number of hydrogen-bond donors (Lipinski definition) is 0. The molecule has 1 aliphatic heterocycles. The maximum Gasteiger partial charge on any atom is 0.153 e. The van der Waals surface area contributed by atoms with Crippen LogP contribution < -0.4 is 4.90 Å². The first kappa shape index (κ1) is 17.4. The predicted octanol–water partition coefficient (Wildman–Crippen LogP) is 3.25. The number of methoxy groups -OCH3 is 1. The lowest BCUT2D eigenvalue weighted by molar-refractivity contribution is 0.177. The van der Waals surface area contributed by atoms with Crippen molar-refractivity contribution in [1.29, 1.82) is 0 Å². The fraction of sp³-hybridized carbons (Fsp3) is 0.412. The summed E-state index contributed by atoms with van der Waals surface area (Å²) >= 11 is 12.1. The molecule has 0 aliphatic carbocycles. The van der Waals surface area contributed by atoms with Gasteiger partial charge >= 0.3 is 0 Å². The third kappa shape index (κ3) is 4.36. The molecule has 0 amide bonds. The van der Waals surface area contributed by atoms with Gasteiger partial charge in [-0.1, -0.05) is 23.2 Å². The zero-order chi connectivity index (χ0) is 16.9. The molecule has 1 aromatic heterocycles. The normalized spacial score (nSPS) is 15.7. The molecule has 0 atom stereocenters. The van der Waals surface area contributed by atoms with Crippen LogP contribution in [0, 0.1) is 0 Å². The third-order valence-corrected chi connectivity index (χ3v) is 4.82. The molecule has 2 aromatic rings. The molecule has 0 spiro atoms. The standard InChI is InChI=1S/C17H20Cl2N4O/c1-24-12-17-20-9-13(10-21-17)11-22-4-6-23(7-5-22)14-2-3-15(18)16(19)8-14/h2-3,8-10H,4-7,11-12H2,1H3. The van der Waals surface area contributed by atoms with Crippen molar-refractivity contribution in [1.82, 2.24) is 14.9 Å². The molecule has 3 rings (SSSR count). The molecule has 1 aromatic carbocycles. The van der Waals surface area contributed by atoms with E-state index in [9.17, 15) is 0 Å². The molecule has 0 saturated carbocycles. The second-order valence-electron chi connectivity index (χ2n) is 5.80. The highest BCUT2D eigenvalue weighted by Crippen LogP contribution is 2.27. The van der Waals surface area contributed by atoms with E-state index < -0.39 is 0 Å². The zero-order valence-corrected chi connectivity index (χ0v) is 15.1. The predicted molar refractivity (Wildman–Crippen MR) is 96.7 cm³/mol. The lowest BCUT2D eigenvalue weighted by atomic mass is 10.2. The summed E-state index contributed by atoms with van der Waals surface area (Å²) in [5.74, 6) is 0.714. The van der Waals surface area contributed by atoms with Crippen LogP contribution in [0.3, 0.4) is 0 Å². The highest BCUT2D eigenvalue weighted by atomic mass is 35.5. The van der Waals surface area contributed by atoms with Crippen LogP contribution in [0.4, 0.5) is 5.69 Å². The third-order valence-electron chi connectivity index (χ3n) is 4.08. The molecular weight excluding hydrogens is 347 g/mol. The van der Waals surface area contributed by atoms with Gasteiger partial charge in [-0.15, -0.1) is 0 Å². The van der Waals surface area contributed by atoms with Gasteiger partial charge in [0.2, 0.25) is 0 Å². The number of benzene rings is 1. The van der Waals surface area contributed by atoms with E-state index >= 15 is 0 Å². The van der Waals surface area contributed by atoms with Gasteiger partial charge in [-0.05, 0) is 18.2 Å². The second-order valence-corrected chi connectivity index (χ2v) is 6.62. The number of hydrogen-bond acceptors (Lipinski definition) is 5. The van der Waals surface area contributed by atoms with E-state index in [1.165, 1.54) is 0 Å². The summed E-state index contributed by atoms with van der Waals surface area (Å²) in [5.41, 5.74) is 2.24. The summed E-state index contributed by atoms with van der Waals surface area (Å²) < 4.78 is 5.03. The maximum absolute atomic E-state index is 6.11. The fourth-order valence-corrected chi connectivity index (χ4v) is 3.06. The summed E-state index contributed by atoms with van der Waals surface area (Å²) in [5, 5.41) is 1.20. The number of piperazine rings is 1. The Morgan fingerprint density at radius 1 is 1.04 bits per heavy atom. The Balaban J connectivity index is 1.54. The van der Waals surface area contributed by atoms with Gasteiger partial charge < -0.3 is 9.64 Å². The van der Waals surface area contributed by atoms with Crippen LogP contribution in [-0.4, -0.2) is 48.2 Å². The average Bonchev–Trinajstić information content (AvgIpc) is 2.60. The van der Waals surface area contributed by atoms with Gasteiger partial charge in [-0.25, -0.2) is 9.97 Å². The van der Waals surface area contributed by atoms with E-state index in [0.29, 0.717) is 22.5 Å². The molecule has 0 N–H and O–H groups in total. The van der Waals surface area contributed by atoms with Gasteiger partial charge in [0, 0.05) is 63.5 Å². The minimum atomic E-state index is 0.447. The largest absolute Gasteiger partial charge is 0.377 e. The molecule has 0 bridgehead atoms. The Morgan fingerprint density at radius 3 is 2.38 bits per heavy atom. The smallest absolute Gasteiger partial charge is 0.153 e. The van der Waals surface area contributed by atoms with Gasteiger partial charge in [0.05, 0.1) is 10.0 Å². The number of aromatic nitrogens is 2. The number of nitrogens with zero attached hydrogens (tertiary/aromatic N) is 4. The van der Waals surface area contributed by atoms with Crippen LogP contribution >= 0.6 is 23.2 Å². The highest BCUT2D eigenvalue weighted by molar-refractivity contribution is 6.42. The van der Waals surface area contributed by atoms with E-state index in [1.54, 1.807) is 7.11 Å². The summed E-state index contributed by atoms with van der Waals surface area (Å²) in [4.78, 5) is 13.4. The van der Waals surface area contributed by atoms with Crippen molar-refractivity contribution < 1.29 is 4.74 Å². The van der Waals surface area contributed by atoms with Gasteiger partial charge in [-0.2, -0.15) is 0 Å². The number of rotatable bonds is 5. The van der Waals surface area contributed by atoms with E-state index in [-0.39, 0.29) is 0 Å². The minimum Gasteiger partial charge on any atom is -0.377 e. The molecule has 2 heterocycles. The van der Waals surface area contributed by atoms with E-state index in [2.05, 4.69) is 19.8 Å². The Morgan fingerprint density at radius 2 is 1.75 bits per heavy atom. The van der Waals surface area contributed by atoms with E-state index in [0.717, 1.165) is 44.0 Å². The molecule has 1 aliphatic rings. The second kappa shape index (κ2) is 8.12. The van der Waals surface area contributed by atoms with Crippen LogP contribution in [0.15, 0.2) is 30.6 Å². The van der Waals surface area contributed by atoms with Crippen molar-refractivity contribution in [3.8, 4) is 0 Å². The van der Waals surface area contributed by atoms with Crippen LogP contribution in [-0.2, 0) is 17.9 Å². The van der Waals surface area contributed by atoms with Gasteiger partial charge in [0.15, 0.2) is 5.82 Å². The number of halogens is 2. The molecule has 0 radical (unpaired) electrons. The molecule has 5 nitrogen and oxygen atoms in total. The van der Waals surface area contributed by atoms with Crippen molar-refractivity contribution in [3.63, 3.8) is 0 Å². The fourth-order valence-electron chi connectivity index (χ4n) is 2.77. The Kier molecular flexibility index (Phi) is 5.89. The van der Waals surface area contributed by atoms with Crippen LogP contribution in [0.5, 0.6) is 0 Å². The molecule has 7 heteroatoms. The van der Waals surface area contributed by atoms with E-state index in [4.69, 9.17) is 27.9 Å². The van der Waals surface area contributed by atoms with Crippen molar-refractivity contribution in [3.05, 3.63) is 52.0 Å². The van der Waals surface area contributed by atoms with Gasteiger partial charge in [0.25, 0.3) is 0 Å². The highest BCUT2D eigenvalue weighted by Gasteiger charge is 2.18. The molecule has 1 saturated heterocycles. The first-order chi connectivity index (χ1) is 11.7. The summed E-state index contributed by atoms with van der Waals surface area (Å²) in [6.45, 7) is 5.20. The Hall–Kier alpha value is -1.40. The van der Waals surface area contributed by atoms with Crippen molar-refractivity contribution >= 4 is 28.9 Å². The Bertz CT molecular complexity index is 673. The lowest BCUT2D eigenvalue weighted by Gasteiger charge is -2.36. The molecule has 0 unspecified atom stereocenters. The van der Waals surface area contributed by atoms with Crippen molar-refractivity contribution in [2.45, 2.75) is 13.2 Å². The quantitative estimate of drug-likeness (QED) is 0.812. The average molecular weight is 367 g/mol. The molecule has 24 heavy (non-hydrogen) atoms. The van der Waals surface area contributed by atoms with Gasteiger partial charge in [-0.3, -0.25) is 4.90 Å². The van der Waals surface area contributed by atoms with Crippen LogP contribution in [0.1, 0.15) is 11.4 Å². The SMILES string of the molecule is COCc1ncc(CN2CCN(c3ccc(Cl)c(Cl)c3)CC2)cn1.